The van der Waals surface area contributed by atoms with E-state index in [0.29, 0.717) is 0 Å². The monoisotopic (exact) mass is 216 g/mol. The number of carbonyl (C=O) groups excluding carboxylic acids is 2. The summed E-state index contributed by atoms with van der Waals surface area (Å²) in [6.45, 7) is 0.476. The van der Waals surface area contributed by atoms with Gasteiger partial charge in [0, 0.05) is 20.6 Å². The van der Waals surface area contributed by atoms with Gasteiger partial charge < -0.3 is 14.2 Å². The molecule has 0 unspecified atom stereocenters. The number of Topliss-reactive ketones (excluding diaryl/α,β-unsaturated/α-hetero) is 1. The Kier molecular flexibility index (Phi) is 7.49. The lowest BCUT2D eigenvalue weighted by Gasteiger charge is -2.04. The Balaban J connectivity index is 4.48. The molecule has 0 heterocycles. The van der Waals surface area contributed by atoms with Crippen molar-refractivity contribution < 1.29 is 23.8 Å². The first-order valence-electron chi connectivity index (χ1n) is 4.46. The Hall–Kier alpha value is -1.20. The molecule has 0 N–H and O–H groups in total. The van der Waals surface area contributed by atoms with E-state index in [-0.39, 0.29) is 31.0 Å². The second-order valence-corrected chi connectivity index (χ2v) is 2.73. The molecule has 0 aromatic heterocycles. The summed E-state index contributed by atoms with van der Waals surface area (Å²) in [5, 5.41) is 0. The van der Waals surface area contributed by atoms with Gasteiger partial charge in [-0.1, -0.05) is 0 Å². The lowest BCUT2D eigenvalue weighted by Crippen LogP contribution is -2.16. The van der Waals surface area contributed by atoms with Gasteiger partial charge in [-0.2, -0.15) is 0 Å². The summed E-state index contributed by atoms with van der Waals surface area (Å²) < 4.78 is 14.0. The van der Waals surface area contributed by atoms with Crippen LogP contribution < -0.4 is 0 Å². The third-order valence-corrected chi connectivity index (χ3v) is 1.69. The summed E-state index contributed by atoms with van der Waals surface area (Å²) in [7, 11) is 4.20. The Morgan fingerprint density at radius 1 is 1.13 bits per heavy atom. The van der Waals surface area contributed by atoms with E-state index >= 15 is 0 Å². The molecule has 0 saturated heterocycles. The van der Waals surface area contributed by atoms with Crippen LogP contribution >= 0.6 is 0 Å². The molecule has 0 aliphatic carbocycles. The molecule has 0 fully saturated rings. The van der Waals surface area contributed by atoms with Crippen molar-refractivity contribution >= 4 is 11.8 Å². The van der Waals surface area contributed by atoms with Crippen LogP contribution in [0.1, 0.15) is 6.42 Å². The SMILES string of the molecule is COC/C=C(/C(=O)CCOC)C(=O)OC. The van der Waals surface area contributed by atoms with Gasteiger partial charge in [0.15, 0.2) is 5.78 Å². The molecule has 0 aliphatic rings. The van der Waals surface area contributed by atoms with Crippen molar-refractivity contribution in [1.29, 1.82) is 0 Å². The summed E-state index contributed by atoms with van der Waals surface area (Å²) in [6.07, 6.45) is 1.56. The number of methoxy groups -OCH3 is 3. The molecule has 5 heteroatoms. The van der Waals surface area contributed by atoms with Gasteiger partial charge in [-0.05, 0) is 6.08 Å². The number of esters is 1. The maximum absolute atomic E-state index is 11.5. The summed E-state index contributed by atoms with van der Waals surface area (Å²) in [5.74, 6) is -0.950. The minimum Gasteiger partial charge on any atom is -0.465 e. The summed E-state index contributed by atoms with van der Waals surface area (Å²) >= 11 is 0. The molecule has 0 aromatic rings. The zero-order valence-corrected chi connectivity index (χ0v) is 9.24. The quantitative estimate of drug-likeness (QED) is 0.266. The smallest absolute Gasteiger partial charge is 0.341 e. The number of rotatable bonds is 7. The van der Waals surface area contributed by atoms with Crippen LogP contribution in [0.3, 0.4) is 0 Å². The third-order valence-electron chi connectivity index (χ3n) is 1.69. The third kappa shape index (κ3) is 5.29. The molecule has 0 amide bonds. The van der Waals surface area contributed by atoms with Crippen LogP contribution in [0.4, 0.5) is 0 Å². The van der Waals surface area contributed by atoms with Gasteiger partial charge >= 0.3 is 5.97 Å². The molecular weight excluding hydrogens is 200 g/mol. The molecule has 0 aromatic carbocycles. The maximum Gasteiger partial charge on any atom is 0.341 e. The van der Waals surface area contributed by atoms with Gasteiger partial charge in [0.05, 0.1) is 20.3 Å². The van der Waals surface area contributed by atoms with Crippen molar-refractivity contribution in [3.05, 3.63) is 11.6 Å². The van der Waals surface area contributed by atoms with Crippen molar-refractivity contribution in [3.63, 3.8) is 0 Å². The molecule has 0 spiro atoms. The minimum atomic E-state index is -0.645. The lowest BCUT2D eigenvalue weighted by atomic mass is 10.1. The van der Waals surface area contributed by atoms with Crippen LogP contribution in [0.25, 0.3) is 0 Å². The first-order chi connectivity index (χ1) is 7.17. The van der Waals surface area contributed by atoms with Crippen molar-refractivity contribution in [2.45, 2.75) is 6.42 Å². The van der Waals surface area contributed by atoms with Crippen LogP contribution in [0.15, 0.2) is 11.6 Å². The van der Waals surface area contributed by atoms with Gasteiger partial charge in [-0.25, -0.2) is 4.79 Å². The van der Waals surface area contributed by atoms with E-state index in [4.69, 9.17) is 9.47 Å². The zero-order valence-electron chi connectivity index (χ0n) is 9.24. The number of carbonyl (C=O) groups is 2. The Bertz CT molecular complexity index is 244. The molecule has 0 atom stereocenters. The molecular formula is C10H16O5. The van der Waals surface area contributed by atoms with Gasteiger partial charge in [-0.3, -0.25) is 4.79 Å². The minimum absolute atomic E-state index is 0.0106. The highest BCUT2D eigenvalue weighted by atomic mass is 16.5. The standard InChI is InChI=1S/C10H16O5/c1-13-6-4-8(10(12)15-3)9(11)5-7-14-2/h4H,5-7H2,1-3H3/b8-4-. The van der Waals surface area contributed by atoms with E-state index in [1.54, 1.807) is 0 Å². The second-order valence-electron chi connectivity index (χ2n) is 2.73. The molecule has 5 nitrogen and oxygen atoms in total. The Labute approximate surface area is 89.0 Å². The number of ketones is 1. The van der Waals surface area contributed by atoms with E-state index in [1.807, 2.05) is 0 Å². The fraction of sp³-hybridized carbons (Fsp3) is 0.600. The normalized spacial score (nSPS) is 11.3. The molecule has 0 radical (unpaired) electrons. The fourth-order valence-electron chi connectivity index (χ4n) is 0.917. The Morgan fingerprint density at radius 3 is 2.27 bits per heavy atom. The molecule has 0 saturated carbocycles. The summed E-state index contributed by atoms with van der Waals surface area (Å²) in [5.41, 5.74) is 0.0106. The molecule has 86 valence electrons. The Morgan fingerprint density at radius 2 is 1.80 bits per heavy atom. The predicted molar refractivity (Wildman–Crippen MR) is 53.5 cm³/mol. The molecule has 0 rings (SSSR count). The van der Waals surface area contributed by atoms with E-state index in [2.05, 4.69) is 4.74 Å². The predicted octanol–water partition coefficient (Wildman–Crippen LogP) is 0.338. The lowest BCUT2D eigenvalue weighted by molar-refractivity contribution is -0.138. The van der Waals surface area contributed by atoms with E-state index in [1.165, 1.54) is 27.4 Å². The van der Waals surface area contributed by atoms with Gasteiger partial charge in [-0.15, -0.1) is 0 Å². The molecule has 15 heavy (non-hydrogen) atoms. The van der Waals surface area contributed by atoms with E-state index in [9.17, 15) is 9.59 Å². The summed E-state index contributed by atoms with van der Waals surface area (Å²) in [4.78, 5) is 22.7. The average Bonchev–Trinajstić information content (AvgIpc) is 2.26. The molecule has 0 bridgehead atoms. The van der Waals surface area contributed by atoms with Crippen LogP contribution in [-0.4, -0.2) is 46.3 Å². The zero-order chi connectivity index (χ0) is 11.7. The highest BCUT2D eigenvalue weighted by Crippen LogP contribution is 2.03. The van der Waals surface area contributed by atoms with Crippen LogP contribution in [0, 0.1) is 0 Å². The van der Waals surface area contributed by atoms with Crippen LogP contribution in [0.5, 0.6) is 0 Å². The van der Waals surface area contributed by atoms with Crippen molar-refractivity contribution in [2.75, 3.05) is 34.5 Å². The maximum atomic E-state index is 11.5. The number of hydrogen-bond acceptors (Lipinski definition) is 5. The van der Waals surface area contributed by atoms with Crippen molar-refractivity contribution in [2.24, 2.45) is 0 Å². The van der Waals surface area contributed by atoms with Crippen molar-refractivity contribution in [3.8, 4) is 0 Å². The first-order valence-corrected chi connectivity index (χ1v) is 4.46. The largest absolute Gasteiger partial charge is 0.465 e. The highest BCUT2D eigenvalue weighted by Gasteiger charge is 2.17. The average molecular weight is 216 g/mol. The van der Waals surface area contributed by atoms with Gasteiger partial charge in [0.1, 0.15) is 5.57 Å². The van der Waals surface area contributed by atoms with Crippen LogP contribution in [-0.2, 0) is 23.8 Å². The second kappa shape index (κ2) is 8.14. The number of hydrogen-bond donors (Lipinski definition) is 0. The van der Waals surface area contributed by atoms with Crippen LogP contribution in [0.2, 0.25) is 0 Å². The summed E-state index contributed by atoms with van der Waals surface area (Å²) in [6, 6.07) is 0. The topological polar surface area (TPSA) is 61.8 Å². The van der Waals surface area contributed by atoms with E-state index in [0.717, 1.165) is 0 Å². The fourth-order valence-corrected chi connectivity index (χ4v) is 0.917. The van der Waals surface area contributed by atoms with Gasteiger partial charge in [0.2, 0.25) is 0 Å². The highest BCUT2D eigenvalue weighted by molar-refractivity contribution is 6.17. The van der Waals surface area contributed by atoms with E-state index < -0.39 is 5.97 Å². The molecule has 0 aliphatic heterocycles. The first kappa shape index (κ1) is 13.8. The van der Waals surface area contributed by atoms with Crippen molar-refractivity contribution in [1.82, 2.24) is 0 Å². The van der Waals surface area contributed by atoms with Gasteiger partial charge in [0.25, 0.3) is 0 Å². The number of ether oxygens (including phenoxy) is 3.